The Morgan fingerprint density at radius 2 is 1.73 bits per heavy atom. The first-order valence-electron chi connectivity index (χ1n) is 12.9. The predicted molar refractivity (Wildman–Crippen MR) is 151 cm³/mol. The first kappa shape index (κ1) is 27.0. The van der Waals surface area contributed by atoms with E-state index >= 15 is 0 Å². The lowest BCUT2D eigenvalue weighted by molar-refractivity contribution is 0.0722. The second kappa shape index (κ2) is 11.7. The van der Waals surface area contributed by atoms with Crippen LogP contribution in [0.2, 0.25) is 5.02 Å². The number of benzene rings is 2. The third-order valence-corrected chi connectivity index (χ3v) is 7.21. The molecule has 1 fully saturated rings. The van der Waals surface area contributed by atoms with Gasteiger partial charge in [0.25, 0.3) is 17.4 Å². The number of hydrogen-bond acceptors (Lipinski definition) is 5. The number of aromatic nitrogens is 2. The Morgan fingerprint density at radius 3 is 2.48 bits per heavy atom. The van der Waals surface area contributed by atoms with Crippen molar-refractivity contribution in [3.63, 3.8) is 0 Å². The lowest BCUT2D eigenvalue weighted by Crippen LogP contribution is -2.61. The summed E-state index contributed by atoms with van der Waals surface area (Å²) < 4.78 is 6.64. The van der Waals surface area contributed by atoms with Crippen molar-refractivity contribution in [2.45, 2.75) is 25.4 Å². The smallest absolute Gasteiger partial charge is 0.409 e. The minimum Gasteiger partial charge on any atom is -0.450 e. The highest BCUT2D eigenvalue weighted by Gasteiger charge is 2.34. The van der Waals surface area contributed by atoms with Gasteiger partial charge in [-0.15, -0.1) is 0 Å². The monoisotopic (exact) mass is 561 g/mol. The third-order valence-electron chi connectivity index (χ3n) is 6.90. The van der Waals surface area contributed by atoms with Gasteiger partial charge in [0.05, 0.1) is 23.7 Å². The quantitative estimate of drug-likeness (QED) is 0.331. The first-order valence-corrected chi connectivity index (χ1v) is 13.3. The fourth-order valence-corrected chi connectivity index (χ4v) is 5.02. The predicted octanol–water partition coefficient (Wildman–Crippen LogP) is 3.73. The van der Waals surface area contributed by atoms with E-state index in [4.69, 9.17) is 16.3 Å². The van der Waals surface area contributed by atoms with E-state index in [2.05, 4.69) is 15.6 Å². The molecule has 5 rings (SSSR count). The SMILES string of the molecule is CCOC(=O)N1CC[C@@H](NC(=O)c2ccc(-n3ccccc3=O)cc2)[C@@H](NC(=O)c2ccc3c(Cl)c[nH]c3c2)C1. The van der Waals surface area contributed by atoms with Gasteiger partial charge in [0.2, 0.25) is 0 Å². The van der Waals surface area contributed by atoms with Crippen molar-refractivity contribution in [2.75, 3.05) is 19.7 Å². The molecule has 3 N–H and O–H groups in total. The van der Waals surface area contributed by atoms with Gasteiger partial charge in [0.1, 0.15) is 0 Å². The van der Waals surface area contributed by atoms with Crippen LogP contribution in [0.5, 0.6) is 0 Å². The Labute approximate surface area is 234 Å². The van der Waals surface area contributed by atoms with Crippen LogP contribution in [-0.4, -0.2) is 64.1 Å². The van der Waals surface area contributed by atoms with Gasteiger partial charge in [-0.25, -0.2) is 4.79 Å². The molecule has 206 valence electrons. The van der Waals surface area contributed by atoms with Crippen molar-refractivity contribution in [3.05, 3.63) is 99.6 Å². The molecule has 0 bridgehead atoms. The zero-order valence-electron chi connectivity index (χ0n) is 21.7. The molecule has 0 radical (unpaired) electrons. The molecule has 0 aliphatic carbocycles. The van der Waals surface area contributed by atoms with E-state index in [9.17, 15) is 19.2 Å². The van der Waals surface area contributed by atoms with Gasteiger partial charge in [0, 0.05) is 59.3 Å². The summed E-state index contributed by atoms with van der Waals surface area (Å²) in [7, 11) is 0. The van der Waals surface area contributed by atoms with Crippen LogP contribution >= 0.6 is 11.6 Å². The molecular weight excluding hydrogens is 534 g/mol. The minimum absolute atomic E-state index is 0.169. The van der Waals surface area contributed by atoms with Crippen LogP contribution < -0.4 is 16.2 Å². The second-order valence-electron chi connectivity index (χ2n) is 9.45. The average Bonchev–Trinajstić information content (AvgIpc) is 3.34. The Hall–Kier alpha value is -4.57. The molecule has 0 spiro atoms. The molecular formula is C29H28ClN5O5. The second-order valence-corrected chi connectivity index (χ2v) is 9.85. The molecule has 11 heteroatoms. The number of hydrogen-bond donors (Lipinski definition) is 3. The number of carbonyl (C=O) groups excluding carboxylic acids is 3. The van der Waals surface area contributed by atoms with Crippen LogP contribution in [0.4, 0.5) is 4.79 Å². The lowest BCUT2D eigenvalue weighted by atomic mass is 9.98. The molecule has 40 heavy (non-hydrogen) atoms. The van der Waals surface area contributed by atoms with Crippen LogP contribution in [-0.2, 0) is 4.74 Å². The Morgan fingerprint density at radius 1 is 1.00 bits per heavy atom. The van der Waals surface area contributed by atoms with E-state index < -0.39 is 18.2 Å². The summed E-state index contributed by atoms with van der Waals surface area (Å²) >= 11 is 6.16. The van der Waals surface area contributed by atoms with E-state index in [1.165, 1.54) is 15.5 Å². The number of pyridine rings is 1. The number of H-pyrrole nitrogens is 1. The number of rotatable bonds is 6. The van der Waals surface area contributed by atoms with Crippen molar-refractivity contribution < 1.29 is 19.1 Å². The summed E-state index contributed by atoms with van der Waals surface area (Å²) in [5.74, 6) is -0.677. The van der Waals surface area contributed by atoms with Crippen molar-refractivity contribution in [1.29, 1.82) is 0 Å². The van der Waals surface area contributed by atoms with E-state index in [1.807, 2.05) is 0 Å². The summed E-state index contributed by atoms with van der Waals surface area (Å²) in [4.78, 5) is 55.5. The maximum atomic E-state index is 13.2. The number of carbonyl (C=O) groups is 3. The van der Waals surface area contributed by atoms with Gasteiger partial charge in [-0.1, -0.05) is 23.7 Å². The molecule has 2 atom stereocenters. The summed E-state index contributed by atoms with van der Waals surface area (Å²) in [6, 6.07) is 15.7. The van der Waals surface area contributed by atoms with Crippen LogP contribution in [0.1, 0.15) is 34.1 Å². The van der Waals surface area contributed by atoms with Crippen LogP contribution in [0.3, 0.4) is 0 Å². The number of nitrogens with zero attached hydrogens (tertiary/aromatic N) is 2. The van der Waals surface area contributed by atoms with Crippen LogP contribution in [0.25, 0.3) is 16.6 Å². The van der Waals surface area contributed by atoms with Gasteiger partial charge in [-0.05, 0) is 55.8 Å². The van der Waals surface area contributed by atoms with Gasteiger partial charge in [-0.2, -0.15) is 0 Å². The number of ether oxygens (including phenoxy) is 1. The van der Waals surface area contributed by atoms with E-state index in [0.717, 1.165) is 10.9 Å². The molecule has 2 aromatic heterocycles. The van der Waals surface area contributed by atoms with Crippen molar-refractivity contribution >= 4 is 40.4 Å². The largest absolute Gasteiger partial charge is 0.450 e. The van der Waals surface area contributed by atoms with E-state index in [0.29, 0.717) is 34.8 Å². The highest BCUT2D eigenvalue weighted by atomic mass is 35.5. The molecule has 0 unspecified atom stereocenters. The fraction of sp³-hybridized carbons (Fsp3) is 0.241. The van der Waals surface area contributed by atoms with E-state index in [-0.39, 0.29) is 30.5 Å². The van der Waals surface area contributed by atoms with Crippen LogP contribution in [0.15, 0.2) is 77.9 Å². The fourth-order valence-electron chi connectivity index (χ4n) is 4.80. The number of amides is 3. The molecule has 1 aliphatic rings. The summed E-state index contributed by atoms with van der Waals surface area (Å²) in [5.41, 5.74) is 2.00. The summed E-state index contributed by atoms with van der Waals surface area (Å²) in [6.45, 7) is 2.49. The molecule has 1 saturated heterocycles. The highest BCUT2D eigenvalue weighted by molar-refractivity contribution is 6.35. The highest BCUT2D eigenvalue weighted by Crippen LogP contribution is 2.24. The molecule has 3 heterocycles. The number of likely N-dealkylation sites (tertiary alicyclic amines) is 1. The summed E-state index contributed by atoms with van der Waals surface area (Å²) in [5, 5.41) is 7.37. The molecule has 0 saturated carbocycles. The van der Waals surface area contributed by atoms with E-state index in [1.54, 1.807) is 73.9 Å². The van der Waals surface area contributed by atoms with Crippen LogP contribution in [0, 0.1) is 0 Å². The number of halogens is 1. The normalized spacial score (nSPS) is 16.9. The first-order chi connectivity index (χ1) is 19.3. The zero-order valence-corrected chi connectivity index (χ0v) is 22.5. The average molecular weight is 562 g/mol. The van der Waals surface area contributed by atoms with Gasteiger partial charge < -0.3 is 25.3 Å². The maximum Gasteiger partial charge on any atom is 0.409 e. The Balaban J connectivity index is 1.32. The molecule has 1 aliphatic heterocycles. The number of fused-ring (bicyclic) bond motifs is 1. The topological polar surface area (TPSA) is 126 Å². The van der Waals surface area contributed by atoms with Crippen molar-refractivity contribution in [3.8, 4) is 5.69 Å². The third kappa shape index (κ3) is 5.72. The number of nitrogens with one attached hydrogen (secondary N) is 3. The van der Waals surface area contributed by atoms with Gasteiger partial charge >= 0.3 is 6.09 Å². The lowest BCUT2D eigenvalue weighted by Gasteiger charge is -2.38. The molecule has 3 amide bonds. The summed E-state index contributed by atoms with van der Waals surface area (Å²) in [6.07, 6.45) is 3.26. The van der Waals surface area contributed by atoms with Gasteiger partial charge in [0.15, 0.2) is 0 Å². The number of aromatic amines is 1. The minimum atomic E-state index is -0.570. The molecule has 10 nitrogen and oxygen atoms in total. The van der Waals surface area contributed by atoms with Crippen molar-refractivity contribution in [2.24, 2.45) is 0 Å². The maximum absolute atomic E-state index is 13.2. The van der Waals surface area contributed by atoms with Gasteiger partial charge in [-0.3, -0.25) is 19.0 Å². The Bertz CT molecular complexity index is 1610. The number of piperidine rings is 1. The van der Waals surface area contributed by atoms with Crippen molar-refractivity contribution in [1.82, 2.24) is 25.1 Å². The zero-order chi connectivity index (χ0) is 28.2. The standard InChI is InChI=1S/C29H28ClN5O5/c1-2-40-29(39)34-14-12-23(25(17-34)33-28(38)19-8-11-21-22(30)16-31-24(21)15-19)32-27(37)18-6-9-20(10-7-18)35-13-4-3-5-26(35)36/h3-11,13,15-16,23,25,31H,2,12,14,17H2,1H3,(H,32,37)(H,33,38)/t23-,25+/m1/s1. The molecule has 2 aromatic carbocycles. The molecule has 4 aromatic rings. The Kier molecular flexibility index (Phi) is 7.88.